The van der Waals surface area contributed by atoms with Gasteiger partial charge in [-0.15, -0.1) is 0 Å². The summed E-state index contributed by atoms with van der Waals surface area (Å²) < 4.78 is 0. The van der Waals surface area contributed by atoms with Crippen LogP contribution < -0.4 is 10.7 Å². The first kappa shape index (κ1) is 16.2. The van der Waals surface area contributed by atoms with Crippen LogP contribution in [0.4, 0.5) is 11.4 Å². The minimum Gasteiger partial charge on any atom is -0.374 e. The highest BCUT2D eigenvalue weighted by Crippen LogP contribution is 2.10. The largest absolute Gasteiger partial charge is 0.374 e. The van der Waals surface area contributed by atoms with E-state index in [0.717, 1.165) is 5.69 Å². The Hall–Kier alpha value is -3.22. The quantitative estimate of drug-likeness (QED) is 0.486. The Balaban J connectivity index is 1.86. The van der Waals surface area contributed by atoms with E-state index in [9.17, 15) is 14.9 Å². The molecule has 1 amide bonds. The topological polar surface area (TPSA) is 96.6 Å². The molecule has 23 heavy (non-hydrogen) atoms. The van der Waals surface area contributed by atoms with Crippen LogP contribution in [0.25, 0.3) is 0 Å². The van der Waals surface area contributed by atoms with Crippen molar-refractivity contribution in [1.29, 1.82) is 0 Å². The van der Waals surface area contributed by atoms with Gasteiger partial charge in [-0.1, -0.05) is 18.2 Å². The summed E-state index contributed by atoms with van der Waals surface area (Å²) in [5.74, 6) is -0.285. The number of rotatable bonds is 6. The molecule has 0 spiro atoms. The highest BCUT2D eigenvalue weighted by atomic mass is 16.6. The lowest BCUT2D eigenvalue weighted by Crippen LogP contribution is -2.34. The number of nitro benzene ring substituents is 1. The van der Waals surface area contributed by atoms with Crippen LogP contribution in [0.2, 0.25) is 0 Å². The molecule has 0 aliphatic rings. The SMILES string of the molecule is CC(Nc1ccccc1)C(=O)N/N=C/c1ccc([N+](=O)[O-])cc1. The Labute approximate surface area is 133 Å². The maximum absolute atomic E-state index is 11.9. The number of carbonyl (C=O) groups excluding carboxylic acids is 1. The number of carbonyl (C=O) groups is 1. The molecule has 7 heteroatoms. The highest BCUT2D eigenvalue weighted by Gasteiger charge is 2.11. The van der Waals surface area contributed by atoms with E-state index >= 15 is 0 Å². The summed E-state index contributed by atoms with van der Waals surface area (Å²) in [5.41, 5.74) is 3.92. The van der Waals surface area contributed by atoms with Crippen molar-refractivity contribution >= 4 is 23.5 Å². The van der Waals surface area contributed by atoms with Crippen LogP contribution in [0.1, 0.15) is 12.5 Å². The van der Waals surface area contributed by atoms with Crippen LogP contribution in [-0.4, -0.2) is 23.1 Å². The molecule has 0 saturated carbocycles. The molecule has 0 aromatic heterocycles. The van der Waals surface area contributed by atoms with Crippen LogP contribution >= 0.6 is 0 Å². The van der Waals surface area contributed by atoms with E-state index in [1.165, 1.54) is 18.3 Å². The smallest absolute Gasteiger partial charge is 0.269 e. The van der Waals surface area contributed by atoms with E-state index < -0.39 is 11.0 Å². The number of anilines is 1. The fraction of sp³-hybridized carbons (Fsp3) is 0.125. The maximum atomic E-state index is 11.9. The number of hydrogen-bond donors (Lipinski definition) is 2. The van der Waals surface area contributed by atoms with E-state index in [-0.39, 0.29) is 11.6 Å². The van der Waals surface area contributed by atoms with Crippen molar-refractivity contribution < 1.29 is 9.72 Å². The number of nitro groups is 1. The Morgan fingerprint density at radius 3 is 2.43 bits per heavy atom. The van der Waals surface area contributed by atoms with Gasteiger partial charge in [-0.3, -0.25) is 14.9 Å². The van der Waals surface area contributed by atoms with Crippen molar-refractivity contribution in [3.8, 4) is 0 Å². The Morgan fingerprint density at radius 2 is 1.83 bits per heavy atom. The fourth-order valence-electron chi connectivity index (χ4n) is 1.80. The number of hydrogen-bond acceptors (Lipinski definition) is 5. The summed E-state index contributed by atoms with van der Waals surface area (Å²) in [7, 11) is 0. The number of benzene rings is 2. The highest BCUT2D eigenvalue weighted by molar-refractivity contribution is 5.86. The van der Waals surface area contributed by atoms with Crippen molar-refractivity contribution in [2.75, 3.05) is 5.32 Å². The summed E-state index contributed by atoms with van der Waals surface area (Å²) in [5, 5.41) is 17.4. The van der Waals surface area contributed by atoms with Crippen LogP contribution in [0.5, 0.6) is 0 Å². The van der Waals surface area contributed by atoms with Crippen molar-refractivity contribution in [3.63, 3.8) is 0 Å². The van der Waals surface area contributed by atoms with Crippen LogP contribution in [0.3, 0.4) is 0 Å². The van der Waals surface area contributed by atoms with E-state index in [1.807, 2.05) is 30.3 Å². The number of nitrogens with zero attached hydrogens (tertiary/aromatic N) is 2. The Morgan fingerprint density at radius 1 is 1.17 bits per heavy atom. The third kappa shape index (κ3) is 4.92. The number of hydrazone groups is 1. The Bertz CT molecular complexity index is 699. The van der Waals surface area contributed by atoms with Gasteiger partial charge >= 0.3 is 0 Å². The lowest BCUT2D eigenvalue weighted by molar-refractivity contribution is -0.384. The van der Waals surface area contributed by atoms with Crippen LogP contribution in [-0.2, 0) is 4.79 Å². The lowest BCUT2D eigenvalue weighted by Gasteiger charge is -2.13. The zero-order valence-corrected chi connectivity index (χ0v) is 12.5. The van der Waals surface area contributed by atoms with Gasteiger partial charge < -0.3 is 5.32 Å². The maximum Gasteiger partial charge on any atom is 0.269 e. The minimum atomic E-state index is -0.473. The van der Waals surface area contributed by atoms with Gasteiger partial charge in [-0.2, -0.15) is 5.10 Å². The molecular formula is C16H16N4O3. The molecule has 0 radical (unpaired) electrons. The first-order valence-electron chi connectivity index (χ1n) is 6.95. The average molecular weight is 312 g/mol. The monoisotopic (exact) mass is 312 g/mol. The van der Waals surface area contributed by atoms with E-state index in [0.29, 0.717) is 5.56 Å². The van der Waals surface area contributed by atoms with Gasteiger partial charge in [-0.25, -0.2) is 5.43 Å². The van der Waals surface area contributed by atoms with E-state index in [2.05, 4.69) is 15.8 Å². The van der Waals surface area contributed by atoms with Crippen LogP contribution in [0.15, 0.2) is 59.7 Å². The molecule has 1 atom stereocenters. The standard InChI is InChI=1S/C16H16N4O3/c1-12(18-14-5-3-2-4-6-14)16(21)19-17-11-13-7-9-15(10-8-13)20(22)23/h2-12,18H,1H3,(H,19,21)/b17-11+. The number of non-ortho nitro benzene ring substituents is 1. The second-order valence-electron chi connectivity index (χ2n) is 4.81. The van der Waals surface area contributed by atoms with Crippen molar-refractivity contribution in [2.24, 2.45) is 5.10 Å². The molecule has 2 aromatic rings. The molecule has 118 valence electrons. The normalized spacial score (nSPS) is 11.9. The summed E-state index contributed by atoms with van der Waals surface area (Å²) in [6.07, 6.45) is 1.43. The van der Waals surface area contributed by atoms with Crippen molar-refractivity contribution in [1.82, 2.24) is 5.43 Å². The first-order valence-corrected chi connectivity index (χ1v) is 6.95. The predicted octanol–water partition coefficient (Wildman–Crippen LogP) is 2.55. The molecule has 0 aliphatic carbocycles. The van der Waals surface area contributed by atoms with Crippen LogP contribution in [0, 0.1) is 10.1 Å². The zero-order chi connectivity index (χ0) is 16.7. The van der Waals surface area contributed by atoms with E-state index in [4.69, 9.17) is 0 Å². The molecule has 2 rings (SSSR count). The van der Waals surface area contributed by atoms with Gasteiger partial charge in [0.15, 0.2) is 0 Å². The summed E-state index contributed by atoms with van der Waals surface area (Å²) in [4.78, 5) is 22.0. The second-order valence-corrected chi connectivity index (χ2v) is 4.81. The van der Waals surface area contributed by atoms with Crippen molar-refractivity contribution in [3.05, 3.63) is 70.3 Å². The molecular weight excluding hydrogens is 296 g/mol. The Kier molecular flexibility index (Phi) is 5.40. The van der Waals surface area contributed by atoms with Gasteiger partial charge in [0.1, 0.15) is 6.04 Å². The predicted molar refractivity (Wildman–Crippen MR) is 88.4 cm³/mol. The van der Waals surface area contributed by atoms with Gasteiger partial charge in [0, 0.05) is 17.8 Å². The molecule has 0 fully saturated rings. The third-order valence-electron chi connectivity index (χ3n) is 3.04. The zero-order valence-electron chi connectivity index (χ0n) is 12.5. The number of para-hydroxylation sites is 1. The second kappa shape index (κ2) is 7.69. The van der Waals surface area contributed by atoms with E-state index in [1.54, 1.807) is 19.1 Å². The number of amides is 1. The lowest BCUT2D eigenvalue weighted by atomic mass is 10.2. The summed E-state index contributed by atoms with van der Waals surface area (Å²) in [6, 6.07) is 14.8. The molecule has 7 nitrogen and oxygen atoms in total. The molecule has 1 unspecified atom stereocenters. The summed E-state index contributed by atoms with van der Waals surface area (Å²) in [6.45, 7) is 1.73. The fourth-order valence-corrected chi connectivity index (χ4v) is 1.80. The summed E-state index contributed by atoms with van der Waals surface area (Å²) >= 11 is 0. The molecule has 2 N–H and O–H groups in total. The molecule has 0 heterocycles. The average Bonchev–Trinajstić information content (AvgIpc) is 2.56. The van der Waals surface area contributed by atoms with Gasteiger partial charge in [0.05, 0.1) is 11.1 Å². The van der Waals surface area contributed by atoms with Crippen molar-refractivity contribution in [2.45, 2.75) is 13.0 Å². The minimum absolute atomic E-state index is 0.00636. The molecule has 0 aliphatic heterocycles. The van der Waals surface area contributed by atoms with Gasteiger partial charge in [0.2, 0.25) is 0 Å². The molecule has 0 bridgehead atoms. The third-order valence-corrected chi connectivity index (χ3v) is 3.04. The van der Waals surface area contributed by atoms with Gasteiger partial charge in [0.25, 0.3) is 11.6 Å². The number of nitrogens with one attached hydrogen (secondary N) is 2. The molecule has 0 saturated heterocycles. The van der Waals surface area contributed by atoms with Gasteiger partial charge in [-0.05, 0) is 36.8 Å². The first-order chi connectivity index (χ1) is 11.1. The molecule has 2 aromatic carbocycles.